The molecule has 2 fully saturated rings. The van der Waals surface area contributed by atoms with E-state index in [0.717, 1.165) is 41.5 Å². The summed E-state index contributed by atoms with van der Waals surface area (Å²) in [6.45, 7) is 4.27. The summed E-state index contributed by atoms with van der Waals surface area (Å²) in [4.78, 5) is 70.7. The first-order valence-corrected chi connectivity index (χ1v) is 12.4. The Labute approximate surface area is 237 Å². The Balaban J connectivity index is 2.63. The van der Waals surface area contributed by atoms with E-state index in [9.17, 15) is 33.9 Å². The summed E-state index contributed by atoms with van der Waals surface area (Å²) >= 11 is 0. The Bertz CT molecular complexity index is 1030. The minimum atomic E-state index is -4.30. The monoisotopic (exact) mass is 614 g/mol. The Hall–Kier alpha value is -3.48. The van der Waals surface area contributed by atoms with Crippen LogP contribution < -0.4 is 0 Å². The number of rotatable bonds is 10. The molecule has 2 aliphatic heterocycles. The normalized spacial score (nSPS) is 32.1. The van der Waals surface area contributed by atoms with Gasteiger partial charge in [0.2, 0.25) is 6.29 Å². The number of halogens is 2. The molecule has 0 spiro atoms. The van der Waals surface area contributed by atoms with Gasteiger partial charge in [-0.3, -0.25) is 28.8 Å². The van der Waals surface area contributed by atoms with Crippen molar-refractivity contribution in [2.75, 3.05) is 13.2 Å². The lowest BCUT2D eigenvalue weighted by atomic mass is 9.95. The third-order valence-corrected chi connectivity index (χ3v) is 5.66. The Morgan fingerprint density at radius 3 is 1.50 bits per heavy atom. The molecule has 0 aromatic heterocycles. The Morgan fingerprint density at radius 2 is 1.05 bits per heavy atom. The van der Waals surface area contributed by atoms with Crippen molar-refractivity contribution >= 4 is 35.8 Å². The van der Waals surface area contributed by atoms with Crippen molar-refractivity contribution in [1.29, 1.82) is 0 Å². The summed E-state index contributed by atoms with van der Waals surface area (Å²) in [5.41, 5.74) is 0. The number of aliphatic hydroxyl groups excluding tert-OH is 1. The minimum absolute atomic E-state index is 0.655. The van der Waals surface area contributed by atoms with E-state index in [0.29, 0.717) is 0 Å². The molecule has 0 aromatic rings. The molecule has 0 radical (unpaired) electrons. The van der Waals surface area contributed by atoms with Crippen LogP contribution in [0.4, 0.5) is 8.78 Å². The summed E-state index contributed by atoms with van der Waals surface area (Å²) in [7, 11) is 0. The summed E-state index contributed by atoms with van der Waals surface area (Å²) in [5, 5.41) is 9.96. The molecule has 2 heterocycles. The third kappa shape index (κ3) is 9.27. The standard InChI is InChI=1S/C24H32F2O16/c1-9(27)34-7-15-17(36-11(3)29)19(37-12(4)30)20(38-13(5)31)22(40-15)42-18-16(8-35-10(2)28)41-23(33)24(25,26)21(18)39-14(6)32/h15-23,33H,7-8H2,1-6H3/t15-,16-,17-,18-,19+,20-,21+,22-,23+/m1/s1. The molecule has 0 saturated carbocycles. The largest absolute Gasteiger partial charge is 0.463 e. The van der Waals surface area contributed by atoms with Crippen LogP contribution in [0.2, 0.25) is 0 Å². The fourth-order valence-corrected chi connectivity index (χ4v) is 4.16. The predicted molar refractivity (Wildman–Crippen MR) is 125 cm³/mol. The van der Waals surface area contributed by atoms with Crippen LogP contribution in [0.15, 0.2) is 0 Å². The van der Waals surface area contributed by atoms with Crippen LogP contribution in [-0.2, 0) is 71.4 Å². The van der Waals surface area contributed by atoms with Crippen molar-refractivity contribution < 1.29 is 85.3 Å². The molecule has 0 unspecified atom stereocenters. The molecule has 42 heavy (non-hydrogen) atoms. The number of alkyl halides is 2. The van der Waals surface area contributed by atoms with Crippen LogP contribution in [0.5, 0.6) is 0 Å². The van der Waals surface area contributed by atoms with Gasteiger partial charge in [0.25, 0.3) is 0 Å². The van der Waals surface area contributed by atoms with Crippen molar-refractivity contribution in [3.63, 3.8) is 0 Å². The number of ether oxygens (including phenoxy) is 9. The van der Waals surface area contributed by atoms with Gasteiger partial charge in [0, 0.05) is 41.5 Å². The molecular weight excluding hydrogens is 582 g/mol. The molecule has 9 atom stereocenters. The number of hydrogen-bond donors (Lipinski definition) is 1. The highest BCUT2D eigenvalue weighted by molar-refractivity contribution is 5.69. The zero-order chi connectivity index (χ0) is 31.9. The fourth-order valence-electron chi connectivity index (χ4n) is 4.16. The maximum Gasteiger partial charge on any atom is 0.336 e. The fraction of sp³-hybridized carbons (Fsp3) is 0.750. The average molecular weight is 615 g/mol. The van der Waals surface area contributed by atoms with Crippen molar-refractivity contribution in [3.05, 3.63) is 0 Å². The number of hydrogen-bond acceptors (Lipinski definition) is 16. The van der Waals surface area contributed by atoms with Gasteiger partial charge in [-0.25, -0.2) is 0 Å². The smallest absolute Gasteiger partial charge is 0.336 e. The summed E-state index contributed by atoms with van der Waals surface area (Å²) in [5.74, 6) is -10.1. The SMILES string of the molecule is CC(=O)OC[C@H]1O[C@H](O)C(F)(F)[C@@H](OC(C)=O)[C@@H]1O[C@H]1O[C@H](COC(C)=O)[C@@H](OC(C)=O)[C@H](OC(C)=O)[C@H]1OC(C)=O. The molecule has 2 rings (SSSR count). The van der Waals surface area contributed by atoms with Gasteiger partial charge in [0.1, 0.15) is 31.5 Å². The Morgan fingerprint density at radius 1 is 0.619 bits per heavy atom. The van der Waals surface area contributed by atoms with E-state index in [1.807, 2.05) is 0 Å². The van der Waals surface area contributed by atoms with E-state index >= 15 is 8.78 Å². The predicted octanol–water partition coefficient (Wildman–Crippen LogP) is -0.698. The van der Waals surface area contributed by atoms with E-state index in [1.54, 1.807) is 0 Å². The van der Waals surface area contributed by atoms with Gasteiger partial charge in [0.05, 0.1) is 0 Å². The van der Waals surface area contributed by atoms with Gasteiger partial charge < -0.3 is 47.7 Å². The lowest BCUT2D eigenvalue weighted by Gasteiger charge is -2.48. The average Bonchev–Trinajstić information content (AvgIpc) is 2.84. The van der Waals surface area contributed by atoms with Gasteiger partial charge in [-0.2, -0.15) is 8.78 Å². The van der Waals surface area contributed by atoms with Crippen LogP contribution in [-0.4, -0.2) is 115 Å². The first-order valence-electron chi connectivity index (χ1n) is 12.4. The number of carbonyl (C=O) groups is 6. The van der Waals surface area contributed by atoms with Crippen LogP contribution in [0.25, 0.3) is 0 Å². The summed E-state index contributed by atoms with van der Waals surface area (Å²) in [6.07, 6.45) is -17.9. The molecule has 0 amide bonds. The van der Waals surface area contributed by atoms with Crippen LogP contribution in [0, 0.1) is 0 Å². The highest BCUT2D eigenvalue weighted by Crippen LogP contribution is 2.39. The molecule has 0 aliphatic carbocycles. The molecule has 2 aliphatic rings. The highest BCUT2D eigenvalue weighted by Gasteiger charge is 2.63. The van der Waals surface area contributed by atoms with Crippen LogP contribution in [0.3, 0.4) is 0 Å². The van der Waals surface area contributed by atoms with Crippen molar-refractivity contribution in [1.82, 2.24) is 0 Å². The minimum Gasteiger partial charge on any atom is -0.463 e. The molecule has 0 bridgehead atoms. The van der Waals surface area contributed by atoms with Crippen molar-refractivity contribution in [3.8, 4) is 0 Å². The van der Waals surface area contributed by atoms with Crippen LogP contribution >= 0.6 is 0 Å². The van der Waals surface area contributed by atoms with E-state index in [-0.39, 0.29) is 0 Å². The maximum atomic E-state index is 15.1. The van der Waals surface area contributed by atoms with Gasteiger partial charge in [-0.15, -0.1) is 0 Å². The van der Waals surface area contributed by atoms with Crippen molar-refractivity contribution in [2.24, 2.45) is 0 Å². The lowest BCUT2D eigenvalue weighted by molar-refractivity contribution is -0.384. The maximum absolute atomic E-state index is 15.1. The molecule has 238 valence electrons. The molecule has 0 aromatic carbocycles. The number of esters is 6. The van der Waals surface area contributed by atoms with Crippen molar-refractivity contribution in [2.45, 2.75) is 103 Å². The van der Waals surface area contributed by atoms with E-state index in [2.05, 4.69) is 0 Å². The molecular formula is C24H32F2O16. The first-order chi connectivity index (χ1) is 19.4. The topological polar surface area (TPSA) is 206 Å². The third-order valence-electron chi connectivity index (χ3n) is 5.66. The number of aliphatic hydroxyl groups is 1. The summed E-state index contributed by atoms with van der Waals surface area (Å²) in [6, 6.07) is 0. The van der Waals surface area contributed by atoms with Gasteiger partial charge in [-0.1, -0.05) is 0 Å². The second kappa shape index (κ2) is 14.6. The zero-order valence-corrected chi connectivity index (χ0v) is 23.4. The van der Waals surface area contributed by atoms with Crippen LogP contribution in [0.1, 0.15) is 41.5 Å². The van der Waals surface area contributed by atoms with E-state index in [1.165, 1.54) is 0 Å². The molecule has 2 saturated heterocycles. The second-order valence-electron chi connectivity index (χ2n) is 9.20. The first kappa shape index (κ1) is 34.7. The lowest BCUT2D eigenvalue weighted by Crippen LogP contribution is -2.68. The highest BCUT2D eigenvalue weighted by atomic mass is 19.3. The van der Waals surface area contributed by atoms with Gasteiger partial charge >= 0.3 is 41.7 Å². The summed E-state index contributed by atoms with van der Waals surface area (Å²) < 4.78 is 76.9. The van der Waals surface area contributed by atoms with E-state index < -0.39 is 110 Å². The van der Waals surface area contributed by atoms with Gasteiger partial charge in [0.15, 0.2) is 30.7 Å². The van der Waals surface area contributed by atoms with E-state index in [4.69, 9.17) is 42.6 Å². The zero-order valence-electron chi connectivity index (χ0n) is 23.4. The Kier molecular flexibility index (Phi) is 12.1. The quantitative estimate of drug-likeness (QED) is 0.238. The molecule has 16 nitrogen and oxygen atoms in total. The molecule has 18 heteroatoms. The molecule has 1 N–H and O–H groups in total. The van der Waals surface area contributed by atoms with Gasteiger partial charge in [-0.05, 0) is 0 Å². The second-order valence-corrected chi connectivity index (χ2v) is 9.20. The number of carbonyl (C=O) groups excluding carboxylic acids is 6.